The zero-order valence-electron chi connectivity index (χ0n) is 19.9. The molecule has 0 saturated heterocycles. The maximum Gasteiger partial charge on any atom is 0.247 e. The third-order valence-electron chi connectivity index (χ3n) is 5.35. The number of benzene rings is 2. The molecule has 0 unspecified atom stereocenters. The van der Waals surface area contributed by atoms with Gasteiger partial charge in [-0.25, -0.2) is 18.9 Å². The summed E-state index contributed by atoms with van der Waals surface area (Å²) in [5.74, 6) is 0.168. The monoisotopic (exact) mass is 474 g/mol. The van der Waals surface area contributed by atoms with Gasteiger partial charge in [-0.15, -0.1) is 5.10 Å². The Morgan fingerprint density at radius 1 is 1.11 bits per heavy atom. The topological polar surface area (TPSA) is 90.7 Å². The number of imidazole rings is 1. The number of halogens is 1. The molecule has 1 amide bonds. The average molecular weight is 475 g/mol. The van der Waals surface area contributed by atoms with Gasteiger partial charge >= 0.3 is 0 Å². The van der Waals surface area contributed by atoms with Crippen LogP contribution in [0.15, 0.2) is 67.5 Å². The number of fused-ring (bicyclic) bond motifs is 1. The number of anilines is 4. The van der Waals surface area contributed by atoms with Crippen molar-refractivity contribution < 1.29 is 9.18 Å². The molecule has 0 atom stereocenters. The summed E-state index contributed by atoms with van der Waals surface area (Å²) in [4.78, 5) is 25.0. The molecule has 2 aromatic heterocycles. The molecule has 2 aromatic carbocycles. The molecule has 9 nitrogen and oxygen atoms in total. The van der Waals surface area contributed by atoms with Gasteiger partial charge in [-0.2, -0.15) is 0 Å². The van der Waals surface area contributed by atoms with E-state index < -0.39 is 0 Å². The Morgan fingerprint density at radius 3 is 2.66 bits per heavy atom. The number of carbonyl (C=O) groups is 1. The van der Waals surface area contributed by atoms with Crippen LogP contribution in [0.3, 0.4) is 0 Å². The molecule has 0 bridgehead atoms. The van der Waals surface area contributed by atoms with Crippen molar-refractivity contribution in [2.75, 3.05) is 49.8 Å². The van der Waals surface area contributed by atoms with Gasteiger partial charge in [-0.05, 0) is 50.5 Å². The van der Waals surface area contributed by atoms with Crippen LogP contribution in [0.1, 0.15) is 0 Å². The Labute approximate surface area is 202 Å². The summed E-state index contributed by atoms with van der Waals surface area (Å²) < 4.78 is 15.3. The number of nitrogens with one attached hydrogen (secondary N) is 2. The molecule has 2 heterocycles. The van der Waals surface area contributed by atoms with Gasteiger partial charge in [0.2, 0.25) is 11.9 Å². The van der Waals surface area contributed by atoms with Crippen LogP contribution in [0.5, 0.6) is 0 Å². The molecule has 35 heavy (non-hydrogen) atoms. The van der Waals surface area contributed by atoms with Gasteiger partial charge in [-0.1, -0.05) is 18.7 Å². The highest BCUT2D eigenvalue weighted by molar-refractivity contribution is 6.01. The molecule has 2 N–H and O–H groups in total. The van der Waals surface area contributed by atoms with Crippen LogP contribution in [-0.2, 0) is 4.79 Å². The lowest BCUT2D eigenvalue weighted by atomic mass is 10.2. The quantitative estimate of drug-likeness (QED) is 0.357. The predicted octanol–water partition coefficient (Wildman–Crippen LogP) is 3.80. The maximum atomic E-state index is 13.7. The zero-order valence-corrected chi connectivity index (χ0v) is 19.9. The number of amides is 1. The first kappa shape index (κ1) is 23.8. The highest BCUT2D eigenvalue weighted by Gasteiger charge is 2.13. The Kier molecular flexibility index (Phi) is 7.02. The van der Waals surface area contributed by atoms with Crippen LogP contribution in [0.2, 0.25) is 0 Å². The number of nitrogens with zero attached hydrogens (tertiary/aromatic N) is 6. The molecule has 0 spiro atoms. The largest absolute Gasteiger partial charge is 0.372 e. The van der Waals surface area contributed by atoms with Crippen molar-refractivity contribution in [2.45, 2.75) is 0 Å². The molecule has 0 aliphatic rings. The summed E-state index contributed by atoms with van der Waals surface area (Å²) in [6.07, 6.45) is 4.49. The number of carbonyl (C=O) groups excluding carboxylic acids is 1. The molecule has 0 aliphatic heterocycles. The highest BCUT2D eigenvalue weighted by atomic mass is 19.1. The van der Waals surface area contributed by atoms with E-state index in [1.165, 1.54) is 18.2 Å². The summed E-state index contributed by atoms with van der Waals surface area (Å²) in [6.45, 7) is 5.18. The normalized spacial score (nSPS) is 11.0. The van der Waals surface area contributed by atoms with Crippen molar-refractivity contribution in [3.63, 3.8) is 0 Å². The van der Waals surface area contributed by atoms with Crippen LogP contribution in [0.4, 0.5) is 27.4 Å². The molecule has 10 heteroatoms. The van der Waals surface area contributed by atoms with Gasteiger partial charge in [0, 0.05) is 31.4 Å². The Morgan fingerprint density at radius 2 is 1.91 bits per heavy atom. The lowest BCUT2D eigenvalue weighted by molar-refractivity contribution is -0.111. The molecule has 0 aliphatic carbocycles. The van der Waals surface area contributed by atoms with E-state index in [9.17, 15) is 9.18 Å². The Bertz CT molecular complexity index is 1370. The van der Waals surface area contributed by atoms with E-state index in [-0.39, 0.29) is 11.7 Å². The molecule has 0 fully saturated rings. The fourth-order valence-electron chi connectivity index (χ4n) is 3.51. The van der Waals surface area contributed by atoms with Crippen LogP contribution in [0, 0.1) is 5.82 Å². The van der Waals surface area contributed by atoms with Gasteiger partial charge in [0.15, 0.2) is 5.82 Å². The second-order valence-corrected chi connectivity index (χ2v) is 8.29. The number of aromatic nitrogens is 4. The van der Waals surface area contributed by atoms with Crippen LogP contribution in [-0.4, -0.2) is 64.6 Å². The second-order valence-electron chi connectivity index (χ2n) is 8.29. The summed E-state index contributed by atoms with van der Waals surface area (Å²) in [6, 6.07) is 11.8. The van der Waals surface area contributed by atoms with E-state index in [4.69, 9.17) is 0 Å². The minimum Gasteiger partial charge on any atom is -0.372 e. The number of hydrogen-bond acceptors (Lipinski definition) is 7. The summed E-state index contributed by atoms with van der Waals surface area (Å²) in [5, 5.41) is 10.6. The van der Waals surface area contributed by atoms with Gasteiger partial charge in [0.1, 0.15) is 11.3 Å². The van der Waals surface area contributed by atoms with E-state index in [0.717, 1.165) is 18.8 Å². The van der Waals surface area contributed by atoms with Gasteiger partial charge in [0.05, 0.1) is 23.8 Å². The summed E-state index contributed by atoms with van der Waals surface area (Å²) >= 11 is 0. The molecule has 4 rings (SSSR count). The lowest BCUT2D eigenvalue weighted by Gasteiger charge is -2.24. The van der Waals surface area contributed by atoms with Crippen molar-refractivity contribution in [1.82, 2.24) is 24.5 Å². The van der Waals surface area contributed by atoms with Gasteiger partial charge in [-0.3, -0.25) is 4.79 Å². The SMILES string of the molecule is C=CC(=O)Nc1cc(Nc2ncc3cnc(-c4cccc(F)c4)n3n2)ccc1N(C)CCN(C)C. The van der Waals surface area contributed by atoms with Crippen molar-refractivity contribution >= 4 is 34.4 Å². The van der Waals surface area contributed by atoms with E-state index in [2.05, 4.69) is 42.1 Å². The third-order valence-corrected chi connectivity index (χ3v) is 5.35. The minimum atomic E-state index is -0.351. The van der Waals surface area contributed by atoms with Crippen LogP contribution >= 0.6 is 0 Å². The van der Waals surface area contributed by atoms with Crippen LogP contribution in [0.25, 0.3) is 16.9 Å². The first-order chi connectivity index (χ1) is 16.8. The molecule has 4 aromatic rings. The first-order valence-electron chi connectivity index (χ1n) is 11.0. The standard InChI is InChI=1S/C25H27FN8O/c1-5-23(35)30-21-14-19(9-10-22(21)33(4)12-11-32(2)3)29-25-28-16-20-15-27-24(34(20)31-25)17-7-6-8-18(26)13-17/h5-10,13-16H,1,11-12H2,2-4H3,(H,29,31)(H,30,35). The fourth-order valence-corrected chi connectivity index (χ4v) is 3.51. The zero-order chi connectivity index (χ0) is 24.9. The van der Waals surface area contributed by atoms with Crippen molar-refractivity contribution in [1.29, 1.82) is 0 Å². The first-order valence-corrected chi connectivity index (χ1v) is 11.0. The fraction of sp³-hybridized carbons (Fsp3) is 0.200. The summed E-state index contributed by atoms with van der Waals surface area (Å²) in [7, 11) is 6.00. The van der Waals surface area contributed by atoms with Crippen molar-refractivity contribution in [3.8, 4) is 11.4 Å². The lowest BCUT2D eigenvalue weighted by Crippen LogP contribution is -2.29. The Hall–Kier alpha value is -4.31. The second kappa shape index (κ2) is 10.3. The third kappa shape index (κ3) is 5.61. The number of rotatable bonds is 9. The Balaban J connectivity index is 1.64. The molecular weight excluding hydrogens is 447 g/mol. The minimum absolute atomic E-state index is 0.305. The maximum absolute atomic E-state index is 13.7. The molecular formula is C25H27FN8O. The smallest absolute Gasteiger partial charge is 0.247 e. The van der Waals surface area contributed by atoms with Gasteiger partial charge in [0.25, 0.3) is 0 Å². The highest BCUT2D eigenvalue weighted by Crippen LogP contribution is 2.30. The predicted molar refractivity (Wildman–Crippen MR) is 137 cm³/mol. The molecule has 0 saturated carbocycles. The number of likely N-dealkylation sites (N-methyl/N-ethyl adjacent to an activating group) is 2. The van der Waals surface area contributed by atoms with Gasteiger partial charge < -0.3 is 20.4 Å². The van der Waals surface area contributed by atoms with Crippen molar-refractivity contribution in [3.05, 3.63) is 73.3 Å². The van der Waals surface area contributed by atoms with Crippen molar-refractivity contribution in [2.24, 2.45) is 0 Å². The average Bonchev–Trinajstić information content (AvgIpc) is 3.26. The molecule has 180 valence electrons. The van der Waals surface area contributed by atoms with E-state index >= 15 is 0 Å². The van der Waals surface area contributed by atoms with E-state index in [0.29, 0.717) is 34.2 Å². The summed E-state index contributed by atoms with van der Waals surface area (Å²) in [5.41, 5.74) is 3.46. The number of hydrogen-bond donors (Lipinski definition) is 2. The molecule has 0 radical (unpaired) electrons. The van der Waals surface area contributed by atoms with E-state index in [1.54, 1.807) is 29.0 Å². The van der Waals surface area contributed by atoms with Crippen LogP contribution < -0.4 is 15.5 Å². The van der Waals surface area contributed by atoms with E-state index in [1.807, 2.05) is 39.3 Å².